The molecule has 7 nitrogen and oxygen atoms in total. The van der Waals surface area contributed by atoms with Crippen molar-refractivity contribution in [2.24, 2.45) is 0 Å². The summed E-state index contributed by atoms with van der Waals surface area (Å²) in [6.45, 7) is 5.32. The number of H-pyrrole nitrogens is 1. The molecular formula is C15H16ClN3O4. The molecule has 0 bridgehead atoms. The molecule has 0 aliphatic carbocycles. The number of amides is 1. The number of nitrogens with one attached hydrogen (secondary N) is 2. The maximum atomic E-state index is 11.7. The number of rotatable bonds is 3. The lowest BCUT2D eigenvalue weighted by molar-refractivity contribution is 0.0636. The molecule has 2 aromatic rings. The number of benzene rings is 1. The molecule has 23 heavy (non-hydrogen) atoms. The average molecular weight is 338 g/mol. The van der Waals surface area contributed by atoms with Crippen molar-refractivity contribution in [2.75, 3.05) is 5.32 Å². The summed E-state index contributed by atoms with van der Waals surface area (Å²) in [5.74, 6) is 0.431. The summed E-state index contributed by atoms with van der Waals surface area (Å²) in [5, 5.41) is 2.71. The van der Waals surface area contributed by atoms with E-state index < -0.39 is 17.4 Å². The number of hydrogen-bond donors (Lipinski definition) is 2. The van der Waals surface area contributed by atoms with Crippen LogP contribution in [0.2, 0.25) is 5.15 Å². The number of hydrogen-bond acceptors (Lipinski definition) is 5. The number of ether oxygens (including phenoxy) is 2. The van der Waals surface area contributed by atoms with Gasteiger partial charge in [-0.05, 0) is 32.9 Å². The number of aromatic nitrogens is 2. The van der Waals surface area contributed by atoms with Crippen LogP contribution >= 0.6 is 11.6 Å². The van der Waals surface area contributed by atoms with Crippen molar-refractivity contribution in [3.05, 3.63) is 46.0 Å². The zero-order chi connectivity index (χ0) is 17.0. The van der Waals surface area contributed by atoms with Crippen molar-refractivity contribution >= 4 is 23.4 Å². The first-order valence-electron chi connectivity index (χ1n) is 6.76. The van der Waals surface area contributed by atoms with E-state index in [1.54, 1.807) is 45.0 Å². The van der Waals surface area contributed by atoms with Gasteiger partial charge in [0.25, 0.3) is 0 Å². The molecule has 0 aliphatic rings. The Morgan fingerprint density at radius 2 is 2.04 bits per heavy atom. The summed E-state index contributed by atoms with van der Waals surface area (Å²) in [5.41, 5.74) is -0.729. The van der Waals surface area contributed by atoms with Crippen LogP contribution in [0.25, 0.3) is 0 Å². The van der Waals surface area contributed by atoms with E-state index in [-0.39, 0.29) is 11.0 Å². The quantitative estimate of drug-likeness (QED) is 0.835. The summed E-state index contributed by atoms with van der Waals surface area (Å²) in [4.78, 5) is 28.9. The van der Waals surface area contributed by atoms with E-state index in [2.05, 4.69) is 15.3 Å². The van der Waals surface area contributed by atoms with E-state index >= 15 is 0 Å². The molecule has 1 heterocycles. The molecule has 8 heteroatoms. The van der Waals surface area contributed by atoms with Crippen LogP contribution < -0.4 is 15.7 Å². The largest absolute Gasteiger partial charge is 0.444 e. The lowest BCUT2D eigenvalue weighted by atomic mass is 10.2. The number of nitrogens with zero attached hydrogens (tertiary/aromatic N) is 1. The molecule has 122 valence electrons. The van der Waals surface area contributed by atoms with Crippen LogP contribution in [0, 0.1) is 0 Å². The fourth-order valence-electron chi connectivity index (χ4n) is 1.64. The van der Waals surface area contributed by atoms with Gasteiger partial charge in [-0.15, -0.1) is 0 Å². The summed E-state index contributed by atoms with van der Waals surface area (Å²) >= 11 is 5.73. The number of halogens is 1. The molecule has 0 unspecified atom stereocenters. The Labute approximate surface area is 137 Å². The minimum atomic E-state index is -0.615. The maximum absolute atomic E-state index is 11.7. The van der Waals surface area contributed by atoms with Gasteiger partial charge in [0.05, 0.1) is 0 Å². The van der Waals surface area contributed by atoms with Gasteiger partial charge in [0, 0.05) is 17.8 Å². The van der Waals surface area contributed by atoms with E-state index in [0.717, 1.165) is 0 Å². The minimum Gasteiger partial charge on any atom is -0.444 e. The highest BCUT2D eigenvalue weighted by Crippen LogP contribution is 2.23. The fraction of sp³-hybridized carbons (Fsp3) is 0.267. The zero-order valence-corrected chi connectivity index (χ0v) is 13.6. The maximum Gasteiger partial charge on any atom is 0.412 e. The first kappa shape index (κ1) is 16.8. The van der Waals surface area contributed by atoms with Crippen molar-refractivity contribution in [3.8, 4) is 11.6 Å². The molecule has 1 aromatic carbocycles. The third-order valence-electron chi connectivity index (χ3n) is 2.39. The molecule has 0 radical (unpaired) electrons. The fourth-order valence-corrected chi connectivity index (χ4v) is 1.81. The number of carbonyl (C=O) groups is 1. The first-order chi connectivity index (χ1) is 10.7. The summed E-state index contributed by atoms with van der Waals surface area (Å²) < 4.78 is 10.6. The van der Waals surface area contributed by atoms with Crippen molar-refractivity contribution in [3.63, 3.8) is 0 Å². The highest BCUT2D eigenvalue weighted by molar-refractivity contribution is 6.29. The van der Waals surface area contributed by atoms with E-state index in [1.807, 2.05) is 0 Å². The highest BCUT2D eigenvalue weighted by Gasteiger charge is 2.16. The molecule has 0 atom stereocenters. The number of anilines is 1. The van der Waals surface area contributed by atoms with Gasteiger partial charge in [-0.3, -0.25) is 10.3 Å². The van der Waals surface area contributed by atoms with Crippen LogP contribution in [0.3, 0.4) is 0 Å². The Bertz CT molecular complexity index is 768. The minimum absolute atomic E-state index is 0.0492. The van der Waals surface area contributed by atoms with Gasteiger partial charge >= 0.3 is 11.8 Å². The van der Waals surface area contributed by atoms with Gasteiger partial charge < -0.3 is 9.47 Å². The summed E-state index contributed by atoms with van der Waals surface area (Å²) in [7, 11) is 0. The van der Waals surface area contributed by atoms with E-state index in [0.29, 0.717) is 11.4 Å². The molecule has 2 N–H and O–H groups in total. The normalized spacial score (nSPS) is 11.0. The van der Waals surface area contributed by atoms with Crippen LogP contribution in [0.4, 0.5) is 10.5 Å². The number of aromatic amines is 1. The van der Waals surface area contributed by atoms with Gasteiger partial charge in [-0.25, -0.2) is 9.59 Å². The van der Waals surface area contributed by atoms with Crippen LogP contribution in [0.15, 0.2) is 35.1 Å². The predicted molar refractivity (Wildman–Crippen MR) is 86.2 cm³/mol. The lowest BCUT2D eigenvalue weighted by Crippen LogP contribution is -2.27. The van der Waals surface area contributed by atoms with Crippen molar-refractivity contribution in [1.82, 2.24) is 9.97 Å². The average Bonchev–Trinajstić information content (AvgIpc) is 2.35. The van der Waals surface area contributed by atoms with E-state index in [1.165, 1.54) is 6.07 Å². The molecule has 0 spiro atoms. The topological polar surface area (TPSA) is 93.3 Å². The standard InChI is InChI=1S/C15H16ClN3O4/c1-15(2,3)23-14(21)17-9-5-4-6-10(7-9)22-12-8-11(16)18-13(20)19-12/h4-8H,1-3H3,(H,17,21)(H,18,19,20). The second-order valence-corrected chi connectivity index (χ2v) is 6.04. The second kappa shape index (κ2) is 6.70. The predicted octanol–water partition coefficient (Wildman–Crippen LogP) is 3.56. The number of carbonyl (C=O) groups excluding carboxylic acids is 1. The highest BCUT2D eigenvalue weighted by atomic mass is 35.5. The Morgan fingerprint density at radius 1 is 1.30 bits per heavy atom. The SMILES string of the molecule is CC(C)(C)OC(=O)Nc1cccc(Oc2cc(Cl)[nH]c(=O)n2)c1. The molecular weight excluding hydrogens is 322 g/mol. The van der Waals surface area contributed by atoms with Crippen molar-refractivity contribution in [2.45, 2.75) is 26.4 Å². The van der Waals surface area contributed by atoms with Crippen LogP contribution in [0.1, 0.15) is 20.8 Å². The van der Waals surface area contributed by atoms with E-state index in [4.69, 9.17) is 21.1 Å². The monoisotopic (exact) mass is 337 g/mol. The third-order valence-corrected chi connectivity index (χ3v) is 2.59. The Hall–Kier alpha value is -2.54. The lowest BCUT2D eigenvalue weighted by Gasteiger charge is -2.19. The van der Waals surface area contributed by atoms with Gasteiger partial charge in [0.1, 0.15) is 16.5 Å². The summed E-state index contributed by atoms with van der Waals surface area (Å²) in [6, 6.07) is 7.94. The molecule has 0 aliphatic heterocycles. The van der Waals surface area contributed by atoms with Crippen LogP contribution in [-0.2, 0) is 4.74 Å². The van der Waals surface area contributed by atoms with Crippen LogP contribution in [-0.4, -0.2) is 21.7 Å². The van der Waals surface area contributed by atoms with Crippen molar-refractivity contribution < 1.29 is 14.3 Å². The molecule has 1 aromatic heterocycles. The van der Waals surface area contributed by atoms with Gasteiger partial charge in [0.15, 0.2) is 0 Å². The molecule has 0 fully saturated rings. The van der Waals surface area contributed by atoms with Crippen molar-refractivity contribution in [1.29, 1.82) is 0 Å². The second-order valence-electron chi connectivity index (χ2n) is 5.63. The smallest absolute Gasteiger partial charge is 0.412 e. The van der Waals surface area contributed by atoms with Crippen LogP contribution in [0.5, 0.6) is 11.6 Å². The summed E-state index contributed by atoms with van der Waals surface area (Å²) in [6.07, 6.45) is -0.577. The zero-order valence-electron chi connectivity index (χ0n) is 12.8. The van der Waals surface area contributed by atoms with Gasteiger partial charge in [-0.2, -0.15) is 4.98 Å². The molecule has 0 saturated heterocycles. The van der Waals surface area contributed by atoms with E-state index in [9.17, 15) is 9.59 Å². The van der Waals surface area contributed by atoms with Gasteiger partial charge in [0.2, 0.25) is 5.88 Å². The molecule has 0 saturated carbocycles. The Morgan fingerprint density at radius 3 is 2.70 bits per heavy atom. The Balaban J connectivity index is 2.10. The molecule has 1 amide bonds. The first-order valence-corrected chi connectivity index (χ1v) is 7.14. The van der Waals surface area contributed by atoms with Gasteiger partial charge in [-0.1, -0.05) is 17.7 Å². The third kappa shape index (κ3) is 5.63. The Kier molecular flexibility index (Phi) is 4.90. The molecule has 2 rings (SSSR count).